The first-order valence-electron chi connectivity index (χ1n) is 3.15. The summed E-state index contributed by atoms with van der Waals surface area (Å²) >= 11 is 5.00. The molecule has 0 bridgehead atoms. The molecule has 1 aliphatic carbocycles. The van der Waals surface area contributed by atoms with Gasteiger partial charge in [0, 0.05) is 11.6 Å². The first-order valence-corrected chi connectivity index (χ1v) is 3.53. The van der Waals surface area contributed by atoms with Crippen LogP contribution in [0, 0.1) is 0 Å². The van der Waals surface area contributed by atoms with Gasteiger partial charge in [-0.2, -0.15) is 0 Å². The lowest BCUT2D eigenvalue weighted by atomic mass is 10.3. The van der Waals surface area contributed by atoms with Gasteiger partial charge in [0.1, 0.15) is 6.10 Å². The summed E-state index contributed by atoms with van der Waals surface area (Å²) in [7, 11) is 0. The second kappa shape index (κ2) is 4.56. The van der Waals surface area contributed by atoms with E-state index in [-0.39, 0.29) is 13.5 Å². The summed E-state index contributed by atoms with van der Waals surface area (Å²) < 4.78 is 4.74. The number of hydrogen-bond acceptors (Lipinski definition) is 2. The van der Waals surface area contributed by atoms with Crippen LogP contribution in [0.15, 0.2) is 0 Å². The third kappa shape index (κ3) is 3.06. The quantitative estimate of drug-likeness (QED) is 0.557. The van der Waals surface area contributed by atoms with E-state index in [2.05, 4.69) is 0 Å². The van der Waals surface area contributed by atoms with Crippen molar-refractivity contribution in [3.8, 4) is 0 Å². The highest BCUT2D eigenvalue weighted by molar-refractivity contribution is 6.61. The van der Waals surface area contributed by atoms with E-state index >= 15 is 0 Å². The second-order valence-electron chi connectivity index (χ2n) is 2.26. The first-order chi connectivity index (χ1) is 4.29. The summed E-state index contributed by atoms with van der Waals surface area (Å²) in [5.74, 6) is 0. The minimum Gasteiger partial charge on any atom is -0.450 e. The molecule has 60 valence electrons. The summed E-state index contributed by atoms with van der Waals surface area (Å²) in [6, 6.07) is 0. The first kappa shape index (κ1) is 9.76. The lowest BCUT2D eigenvalue weighted by Crippen LogP contribution is -2.08. The Labute approximate surface area is 66.5 Å². The number of halogens is 1. The predicted molar refractivity (Wildman–Crippen MR) is 41.3 cm³/mol. The van der Waals surface area contributed by atoms with E-state index < -0.39 is 5.43 Å². The summed E-state index contributed by atoms with van der Waals surface area (Å²) in [5.41, 5.74) is -0.665. The van der Waals surface area contributed by atoms with Crippen molar-refractivity contribution in [2.24, 2.45) is 0 Å². The molecule has 1 fully saturated rings. The van der Waals surface area contributed by atoms with E-state index in [9.17, 15) is 4.79 Å². The lowest BCUT2D eigenvalue weighted by Gasteiger charge is -2.05. The van der Waals surface area contributed by atoms with Crippen molar-refractivity contribution in [3.05, 3.63) is 0 Å². The maximum absolute atomic E-state index is 10.1. The molecule has 1 rings (SSSR count). The summed E-state index contributed by atoms with van der Waals surface area (Å²) in [6.45, 7) is 0. The zero-order chi connectivity index (χ0) is 6.69. The minimum atomic E-state index is -0.665. The van der Waals surface area contributed by atoms with Gasteiger partial charge in [-0.3, -0.25) is 0 Å². The Morgan fingerprint density at radius 1 is 1.40 bits per heavy atom. The van der Waals surface area contributed by atoms with Crippen LogP contribution in [0.25, 0.3) is 0 Å². The molecule has 0 aromatic carbocycles. The number of carbonyl (C=O) groups is 1. The number of ether oxygens (including phenoxy) is 1. The molecule has 0 spiro atoms. The standard InChI is InChI=1S/C6H9ClO2.CH4/c7-6(8)9-5-3-1-2-4-5;/h5H,1-4H2;1H4. The van der Waals surface area contributed by atoms with Crippen LogP contribution in [0.2, 0.25) is 0 Å². The van der Waals surface area contributed by atoms with Gasteiger partial charge in [0.25, 0.3) is 0 Å². The van der Waals surface area contributed by atoms with Gasteiger partial charge in [-0.05, 0) is 25.7 Å². The van der Waals surface area contributed by atoms with Crippen LogP contribution in [0.5, 0.6) is 0 Å². The zero-order valence-electron chi connectivity index (χ0n) is 5.10. The molecule has 1 saturated carbocycles. The van der Waals surface area contributed by atoms with Gasteiger partial charge < -0.3 is 4.74 Å². The van der Waals surface area contributed by atoms with Crippen LogP contribution in [-0.4, -0.2) is 11.5 Å². The summed E-state index contributed by atoms with van der Waals surface area (Å²) in [6.07, 6.45) is 4.40. The molecule has 0 unspecified atom stereocenters. The fourth-order valence-electron chi connectivity index (χ4n) is 1.14. The predicted octanol–water partition coefficient (Wildman–Crippen LogP) is 2.94. The number of rotatable bonds is 1. The van der Waals surface area contributed by atoms with Crippen LogP contribution in [0.1, 0.15) is 33.1 Å². The van der Waals surface area contributed by atoms with Crippen LogP contribution < -0.4 is 0 Å². The van der Waals surface area contributed by atoms with Gasteiger partial charge in [0.2, 0.25) is 0 Å². The van der Waals surface area contributed by atoms with E-state index in [0.29, 0.717) is 0 Å². The zero-order valence-corrected chi connectivity index (χ0v) is 5.86. The molecule has 0 heterocycles. The fourth-order valence-corrected chi connectivity index (χ4v) is 1.26. The van der Waals surface area contributed by atoms with Gasteiger partial charge in [0.05, 0.1) is 0 Å². The molecule has 0 radical (unpaired) electrons. The second-order valence-corrected chi connectivity index (χ2v) is 2.57. The van der Waals surface area contributed by atoms with Crippen molar-refractivity contribution < 1.29 is 9.53 Å². The molecule has 0 N–H and O–H groups in total. The minimum absolute atomic E-state index is 0. The van der Waals surface area contributed by atoms with Crippen molar-refractivity contribution in [1.29, 1.82) is 0 Å². The smallest absolute Gasteiger partial charge is 0.404 e. The van der Waals surface area contributed by atoms with Crippen molar-refractivity contribution in [2.45, 2.75) is 39.2 Å². The molecule has 0 aromatic heterocycles. The van der Waals surface area contributed by atoms with E-state index in [1.807, 2.05) is 0 Å². The van der Waals surface area contributed by atoms with Gasteiger partial charge >= 0.3 is 5.43 Å². The molecule has 3 heteroatoms. The van der Waals surface area contributed by atoms with Crippen molar-refractivity contribution >= 4 is 17.0 Å². The molecule has 0 aliphatic heterocycles. The largest absolute Gasteiger partial charge is 0.450 e. The average molecular weight is 165 g/mol. The number of hydrogen-bond donors (Lipinski definition) is 0. The van der Waals surface area contributed by atoms with Crippen molar-refractivity contribution in [2.75, 3.05) is 0 Å². The topological polar surface area (TPSA) is 26.3 Å². The monoisotopic (exact) mass is 164 g/mol. The maximum Gasteiger partial charge on any atom is 0.404 e. The van der Waals surface area contributed by atoms with E-state index in [0.717, 1.165) is 25.7 Å². The third-order valence-electron chi connectivity index (χ3n) is 1.56. The van der Waals surface area contributed by atoms with Gasteiger partial charge in [-0.1, -0.05) is 7.43 Å². The Kier molecular flexibility index (Phi) is 4.45. The highest BCUT2D eigenvalue weighted by Crippen LogP contribution is 2.21. The molecule has 0 amide bonds. The van der Waals surface area contributed by atoms with Gasteiger partial charge in [0.15, 0.2) is 0 Å². The molecular weight excluding hydrogens is 152 g/mol. The lowest BCUT2D eigenvalue weighted by molar-refractivity contribution is 0.125. The average Bonchev–Trinajstić information content (AvgIpc) is 2.15. The van der Waals surface area contributed by atoms with Crippen LogP contribution in [0.3, 0.4) is 0 Å². The van der Waals surface area contributed by atoms with Crippen LogP contribution >= 0.6 is 11.6 Å². The van der Waals surface area contributed by atoms with E-state index in [1.165, 1.54) is 0 Å². The Bertz CT molecular complexity index is 108. The van der Waals surface area contributed by atoms with Gasteiger partial charge in [-0.25, -0.2) is 4.79 Å². The SMILES string of the molecule is C.O=C(Cl)OC1CCCC1. The van der Waals surface area contributed by atoms with Crippen molar-refractivity contribution in [1.82, 2.24) is 0 Å². The molecule has 10 heavy (non-hydrogen) atoms. The summed E-state index contributed by atoms with van der Waals surface area (Å²) in [5, 5.41) is 0. The van der Waals surface area contributed by atoms with Gasteiger partial charge in [-0.15, -0.1) is 0 Å². The molecule has 0 saturated heterocycles. The molecule has 0 aromatic rings. The Hall–Kier alpha value is -0.240. The highest BCUT2D eigenvalue weighted by Gasteiger charge is 2.17. The third-order valence-corrected chi connectivity index (χ3v) is 1.65. The Morgan fingerprint density at radius 2 is 1.90 bits per heavy atom. The Morgan fingerprint density at radius 3 is 2.30 bits per heavy atom. The molecule has 1 aliphatic rings. The molecule has 2 nitrogen and oxygen atoms in total. The van der Waals surface area contributed by atoms with E-state index in [1.54, 1.807) is 0 Å². The highest BCUT2D eigenvalue weighted by atomic mass is 35.5. The van der Waals surface area contributed by atoms with Crippen molar-refractivity contribution in [3.63, 3.8) is 0 Å². The van der Waals surface area contributed by atoms with E-state index in [4.69, 9.17) is 16.3 Å². The molecular formula is C7H13ClO2. The van der Waals surface area contributed by atoms with Crippen LogP contribution in [-0.2, 0) is 4.74 Å². The Balaban J connectivity index is 0.000000810. The molecule has 0 atom stereocenters. The maximum atomic E-state index is 10.1. The van der Waals surface area contributed by atoms with Crippen LogP contribution in [0.4, 0.5) is 4.79 Å². The fraction of sp³-hybridized carbons (Fsp3) is 0.857. The normalized spacial score (nSPS) is 18.1. The number of carbonyl (C=O) groups excluding carboxylic acids is 1. The summed E-state index contributed by atoms with van der Waals surface area (Å²) in [4.78, 5) is 10.1.